The van der Waals surface area contributed by atoms with E-state index in [0.29, 0.717) is 0 Å². The lowest BCUT2D eigenvalue weighted by Crippen LogP contribution is -2.46. The molecular formula is C20H25N3OS. The first-order valence-corrected chi connectivity index (χ1v) is 10.1. The Hall–Kier alpha value is -1.59. The monoisotopic (exact) mass is 355 g/mol. The van der Waals surface area contributed by atoms with Crippen molar-refractivity contribution >= 4 is 17.5 Å². The maximum absolute atomic E-state index is 11.1. The van der Waals surface area contributed by atoms with Crippen molar-refractivity contribution in [1.29, 1.82) is 0 Å². The number of aromatic nitrogens is 2. The van der Waals surface area contributed by atoms with Crippen molar-refractivity contribution in [2.45, 2.75) is 51.1 Å². The fourth-order valence-electron chi connectivity index (χ4n) is 4.14. The minimum absolute atomic E-state index is 0.175. The molecule has 1 aromatic carbocycles. The van der Waals surface area contributed by atoms with Crippen LogP contribution in [0.1, 0.15) is 42.2 Å². The van der Waals surface area contributed by atoms with E-state index in [2.05, 4.69) is 37.5 Å². The summed E-state index contributed by atoms with van der Waals surface area (Å²) in [6, 6.07) is 9.97. The number of aliphatic hydroxyl groups excluding tert-OH is 1. The smallest absolute Gasteiger partial charge is 0.154 e. The highest BCUT2D eigenvalue weighted by Gasteiger charge is 2.44. The van der Waals surface area contributed by atoms with E-state index in [4.69, 9.17) is 9.98 Å². The van der Waals surface area contributed by atoms with Crippen LogP contribution in [0.4, 0.5) is 0 Å². The van der Waals surface area contributed by atoms with Gasteiger partial charge in [0.05, 0.1) is 17.5 Å². The second-order valence-electron chi connectivity index (χ2n) is 6.93. The van der Waals surface area contributed by atoms with Gasteiger partial charge < -0.3 is 9.67 Å². The summed E-state index contributed by atoms with van der Waals surface area (Å²) in [5, 5.41) is 11.3. The van der Waals surface area contributed by atoms with E-state index in [-0.39, 0.29) is 17.2 Å². The number of thioether (sulfide) groups is 1. The molecule has 2 aliphatic heterocycles. The SMILES string of the molecule is CCS[C@@H]1C2CCn3c(nc(C)c3C)C2=N[C@H](c2ccccc2)[C@H]1O. The average Bonchev–Trinajstić information content (AvgIpc) is 2.92. The molecule has 0 saturated heterocycles. The molecule has 0 radical (unpaired) electrons. The number of imidazole rings is 1. The van der Waals surface area contributed by atoms with E-state index >= 15 is 0 Å². The van der Waals surface area contributed by atoms with Gasteiger partial charge in [0.15, 0.2) is 5.82 Å². The summed E-state index contributed by atoms with van der Waals surface area (Å²) < 4.78 is 2.30. The number of nitrogens with zero attached hydrogens (tertiary/aromatic N) is 3. The zero-order valence-corrected chi connectivity index (χ0v) is 15.8. The Morgan fingerprint density at radius 3 is 2.72 bits per heavy atom. The molecule has 1 N–H and O–H groups in total. The predicted molar refractivity (Wildman–Crippen MR) is 103 cm³/mol. The fourth-order valence-corrected chi connectivity index (χ4v) is 5.37. The van der Waals surface area contributed by atoms with Crippen LogP contribution in [0, 0.1) is 19.8 Å². The quantitative estimate of drug-likeness (QED) is 0.916. The highest BCUT2D eigenvalue weighted by molar-refractivity contribution is 7.99. The molecule has 1 aromatic heterocycles. The first kappa shape index (κ1) is 16.9. The lowest BCUT2D eigenvalue weighted by Gasteiger charge is -2.41. The number of benzene rings is 1. The van der Waals surface area contributed by atoms with Crippen LogP contribution in [0.5, 0.6) is 0 Å². The molecule has 4 nitrogen and oxygen atoms in total. The third-order valence-corrected chi connectivity index (χ3v) is 6.86. The van der Waals surface area contributed by atoms with Crippen molar-refractivity contribution in [3.63, 3.8) is 0 Å². The van der Waals surface area contributed by atoms with Gasteiger partial charge in [-0.15, -0.1) is 0 Å². The topological polar surface area (TPSA) is 50.4 Å². The number of rotatable bonds is 3. The Kier molecular flexibility index (Phi) is 4.46. The molecular weight excluding hydrogens is 330 g/mol. The van der Waals surface area contributed by atoms with E-state index in [1.54, 1.807) is 0 Å². The fraction of sp³-hybridized carbons (Fsp3) is 0.500. The molecule has 0 bridgehead atoms. The summed E-state index contributed by atoms with van der Waals surface area (Å²) in [6.07, 6.45) is 0.573. The minimum atomic E-state index is -0.454. The van der Waals surface area contributed by atoms with Gasteiger partial charge in [-0.25, -0.2) is 4.98 Å². The second kappa shape index (κ2) is 6.61. The summed E-state index contributed by atoms with van der Waals surface area (Å²) in [4.78, 5) is 9.88. The zero-order valence-electron chi connectivity index (χ0n) is 15.0. The number of hydrogen-bond acceptors (Lipinski definition) is 4. The molecule has 0 saturated carbocycles. The van der Waals surface area contributed by atoms with Gasteiger partial charge in [-0.2, -0.15) is 11.8 Å². The van der Waals surface area contributed by atoms with Crippen molar-refractivity contribution < 1.29 is 5.11 Å². The molecule has 4 rings (SSSR count). The molecule has 5 heteroatoms. The van der Waals surface area contributed by atoms with E-state index in [9.17, 15) is 5.11 Å². The minimum Gasteiger partial charge on any atom is -0.389 e. The van der Waals surface area contributed by atoms with Gasteiger partial charge in [-0.05, 0) is 31.6 Å². The molecule has 132 valence electrons. The Morgan fingerprint density at radius 2 is 2.00 bits per heavy atom. The van der Waals surface area contributed by atoms with E-state index < -0.39 is 6.10 Å². The summed E-state index contributed by atoms with van der Waals surface area (Å²) in [5.41, 5.74) is 4.49. The van der Waals surface area contributed by atoms with Crippen LogP contribution >= 0.6 is 11.8 Å². The van der Waals surface area contributed by atoms with Crippen molar-refractivity contribution in [2.75, 3.05) is 5.75 Å². The Balaban J connectivity index is 1.84. The van der Waals surface area contributed by atoms with Gasteiger partial charge in [0.1, 0.15) is 6.04 Å². The van der Waals surface area contributed by atoms with Crippen molar-refractivity contribution in [2.24, 2.45) is 10.9 Å². The van der Waals surface area contributed by atoms with Crippen molar-refractivity contribution in [1.82, 2.24) is 9.55 Å². The van der Waals surface area contributed by atoms with Gasteiger partial charge in [0.2, 0.25) is 0 Å². The lowest BCUT2D eigenvalue weighted by molar-refractivity contribution is 0.121. The maximum Gasteiger partial charge on any atom is 0.154 e. The van der Waals surface area contributed by atoms with Crippen LogP contribution in [0.3, 0.4) is 0 Å². The Labute approximate surface area is 153 Å². The molecule has 3 heterocycles. The third kappa shape index (κ3) is 2.74. The number of aliphatic hydroxyl groups is 1. The second-order valence-corrected chi connectivity index (χ2v) is 8.39. The maximum atomic E-state index is 11.1. The molecule has 25 heavy (non-hydrogen) atoms. The average molecular weight is 356 g/mol. The largest absolute Gasteiger partial charge is 0.389 e. The van der Waals surface area contributed by atoms with Gasteiger partial charge in [-0.3, -0.25) is 4.99 Å². The van der Waals surface area contributed by atoms with Crippen LogP contribution < -0.4 is 0 Å². The number of aliphatic imine (C=N–C) groups is 1. The molecule has 0 aliphatic carbocycles. The standard InChI is InChI=1S/C20H25N3OS/c1-4-25-19-15-10-11-23-13(3)12(2)21-20(23)17(15)22-16(18(19)24)14-8-6-5-7-9-14/h5-9,15-16,18-19,24H,4,10-11H2,1-3H3/t15?,16-,18-,19-/m1/s1. The van der Waals surface area contributed by atoms with Gasteiger partial charge in [0.25, 0.3) is 0 Å². The molecule has 2 aromatic rings. The molecule has 0 fully saturated rings. The van der Waals surface area contributed by atoms with E-state index in [1.165, 1.54) is 5.69 Å². The van der Waals surface area contributed by atoms with Crippen LogP contribution in [0.15, 0.2) is 35.3 Å². The van der Waals surface area contributed by atoms with E-state index in [0.717, 1.165) is 41.5 Å². The van der Waals surface area contributed by atoms with Crippen LogP contribution in [-0.2, 0) is 6.54 Å². The summed E-state index contributed by atoms with van der Waals surface area (Å²) >= 11 is 1.86. The first-order chi connectivity index (χ1) is 12.1. The van der Waals surface area contributed by atoms with Crippen LogP contribution in [0.2, 0.25) is 0 Å². The summed E-state index contributed by atoms with van der Waals surface area (Å²) in [5.74, 6) is 2.30. The zero-order chi connectivity index (χ0) is 17.6. The summed E-state index contributed by atoms with van der Waals surface area (Å²) in [7, 11) is 0. The van der Waals surface area contributed by atoms with Gasteiger partial charge in [-0.1, -0.05) is 37.3 Å². The molecule has 1 unspecified atom stereocenters. The van der Waals surface area contributed by atoms with Gasteiger partial charge in [0, 0.05) is 23.4 Å². The van der Waals surface area contributed by atoms with E-state index in [1.807, 2.05) is 30.0 Å². The van der Waals surface area contributed by atoms with Crippen molar-refractivity contribution in [3.8, 4) is 0 Å². The van der Waals surface area contributed by atoms with Crippen LogP contribution in [0.25, 0.3) is 0 Å². The predicted octanol–water partition coefficient (Wildman–Crippen LogP) is 3.55. The lowest BCUT2D eigenvalue weighted by atomic mass is 9.82. The highest BCUT2D eigenvalue weighted by atomic mass is 32.2. The molecule has 0 spiro atoms. The third-order valence-electron chi connectivity index (χ3n) is 5.54. The molecule has 4 atom stereocenters. The summed E-state index contributed by atoms with van der Waals surface area (Å²) in [6.45, 7) is 7.34. The van der Waals surface area contributed by atoms with Crippen LogP contribution in [-0.4, -0.2) is 37.5 Å². The molecule has 0 amide bonds. The Bertz CT molecular complexity index is 799. The number of aryl methyl sites for hydroxylation is 1. The van der Waals surface area contributed by atoms with Crippen molar-refractivity contribution in [3.05, 3.63) is 53.1 Å². The number of fused-ring (bicyclic) bond motifs is 3. The molecule has 2 aliphatic rings. The highest BCUT2D eigenvalue weighted by Crippen LogP contribution is 2.42. The number of hydrogen-bond donors (Lipinski definition) is 1. The first-order valence-electron chi connectivity index (χ1n) is 9.08. The normalized spacial score (nSPS) is 28.2. The van der Waals surface area contributed by atoms with Gasteiger partial charge >= 0.3 is 0 Å². The Morgan fingerprint density at radius 1 is 1.24 bits per heavy atom.